The average Bonchev–Trinajstić information content (AvgIpc) is 3.46. The standard InChI is InChI=1S/C21H23N7O2S/c1-26-10-9-17(14-26)27-13-16(12-22-27)23-21-24-20-8-4-7-19(28(20)25-21)15-5-3-6-18(11-15)31(2,29)30/h3-8,11-13,17H,9-10,14H2,1-2H3,(H,23,25). The van der Waals surface area contributed by atoms with Gasteiger partial charge in [-0.3, -0.25) is 4.68 Å². The molecule has 0 saturated carbocycles. The van der Waals surface area contributed by atoms with Crippen molar-refractivity contribution in [3.63, 3.8) is 0 Å². The summed E-state index contributed by atoms with van der Waals surface area (Å²) in [7, 11) is -1.18. The number of likely N-dealkylation sites (tertiary alicyclic amines) is 1. The first kappa shape index (κ1) is 19.7. The maximum atomic E-state index is 11.9. The van der Waals surface area contributed by atoms with Crippen molar-refractivity contribution in [2.75, 3.05) is 31.7 Å². The van der Waals surface area contributed by atoms with Gasteiger partial charge in [0.05, 0.1) is 28.5 Å². The number of fused-ring (bicyclic) bond motifs is 1. The molecule has 0 aliphatic carbocycles. The van der Waals surface area contributed by atoms with E-state index < -0.39 is 9.84 Å². The third kappa shape index (κ3) is 3.91. The van der Waals surface area contributed by atoms with Gasteiger partial charge in [-0.1, -0.05) is 18.2 Å². The largest absolute Gasteiger partial charge is 0.320 e. The molecule has 4 heterocycles. The zero-order chi connectivity index (χ0) is 21.6. The van der Waals surface area contributed by atoms with Crippen molar-refractivity contribution in [2.24, 2.45) is 0 Å². The number of hydrogen-bond acceptors (Lipinski definition) is 7. The lowest BCUT2D eigenvalue weighted by atomic mass is 10.1. The Kier molecular flexibility index (Phi) is 4.75. The summed E-state index contributed by atoms with van der Waals surface area (Å²) in [6, 6.07) is 12.8. The molecule has 9 nitrogen and oxygen atoms in total. The lowest BCUT2D eigenvalue weighted by Gasteiger charge is -2.10. The molecule has 5 rings (SSSR count). The van der Waals surface area contributed by atoms with Crippen molar-refractivity contribution < 1.29 is 8.42 Å². The fourth-order valence-electron chi connectivity index (χ4n) is 3.92. The zero-order valence-electron chi connectivity index (χ0n) is 17.3. The molecule has 0 radical (unpaired) electrons. The molecule has 31 heavy (non-hydrogen) atoms. The first-order valence-electron chi connectivity index (χ1n) is 10.0. The number of hydrogen-bond donors (Lipinski definition) is 1. The van der Waals surface area contributed by atoms with Crippen molar-refractivity contribution in [3.05, 3.63) is 54.9 Å². The fraction of sp³-hybridized carbons (Fsp3) is 0.286. The lowest BCUT2D eigenvalue weighted by molar-refractivity contribution is 0.382. The minimum Gasteiger partial charge on any atom is -0.320 e. The summed E-state index contributed by atoms with van der Waals surface area (Å²) in [5.41, 5.74) is 3.00. The zero-order valence-corrected chi connectivity index (χ0v) is 18.1. The maximum absolute atomic E-state index is 11.9. The molecule has 1 unspecified atom stereocenters. The molecule has 0 bridgehead atoms. The van der Waals surface area contributed by atoms with Crippen LogP contribution in [0.5, 0.6) is 0 Å². The fourth-order valence-corrected chi connectivity index (χ4v) is 4.59. The van der Waals surface area contributed by atoms with Gasteiger partial charge >= 0.3 is 0 Å². The van der Waals surface area contributed by atoms with Gasteiger partial charge in [-0.2, -0.15) is 10.1 Å². The summed E-state index contributed by atoms with van der Waals surface area (Å²) in [5, 5.41) is 12.3. The Hall–Kier alpha value is -3.24. The number of benzene rings is 1. The molecule has 1 aromatic carbocycles. The van der Waals surface area contributed by atoms with E-state index in [-0.39, 0.29) is 4.90 Å². The van der Waals surface area contributed by atoms with Gasteiger partial charge in [0.15, 0.2) is 15.5 Å². The quantitative estimate of drug-likeness (QED) is 0.513. The van der Waals surface area contributed by atoms with E-state index >= 15 is 0 Å². The van der Waals surface area contributed by atoms with Crippen LogP contribution < -0.4 is 5.32 Å². The molecule has 1 N–H and O–H groups in total. The van der Waals surface area contributed by atoms with Crippen molar-refractivity contribution in [3.8, 4) is 11.3 Å². The number of sulfone groups is 1. The number of pyridine rings is 1. The number of anilines is 2. The second-order valence-electron chi connectivity index (χ2n) is 7.96. The minimum absolute atomic E-state index is 0.269. The summed E-state index contributed by atoms with van der Waals surface area (Å²) >= 11 is 0. The van der Waals surface area contributed by atoms with E-state index in [0.29, 0.717) is 17.6 Å². The Labute approximate surface area is 180 Å². The summed E-state index contributed by atoms with van der Waals surface area (Å²) < 4.78 is 27.6. The minimum atomic E-state index is -3.30. The van der Waals surface area contributed by atoms with Crippen LogP contribution in [0.15, 0.2) is 59.8 Å². The van der Waals surface area contributed by atoms with E-state index in [1.54, 1.807) is 28.9 Å². The molecular formula is C21H23N7O2S. The predicted octanol–water partition coefficient (Wildman–Crippen LogP) is 2.62. The second-order valence-corrected chi connectivity index (χ2v) is 9.97. The highest BCUT2D eigenvalue weighted by molar-refractivity contribution is 7.90. The number of rotatable bonds is 5. The van der Waals surface area contributed by atoms with E-state index in [9.17, 15) is 8.42 Å². The Morgan fingerprint density at radius 3 is 2.77 bits per heavy atom. The van der Waals surface area contributed by atoms with Crippen LogP contribution in [-0.4, -0.2) is 64.1 Å². The van der Waals surface area contributed by atoms with Gasteiger partial charge in [0.1, 0.15) is 0 Å². The van der Waals surface area contributed by atoms with Gasteiger partial charge in [0.25, 0.3) is 0 Å². The van der Waals surface area contributed by atoms with Gasteiger partial charge < -0.3 is 10.2 Å². The number of nitrogens with one attached hydrogen (secondary N) is 1. The highest BCUT2D eigenvalue weighted by atomic mass is 32.2. The van der Waals surface area contributed by atoms with E-state index in [1.807, 2.05) is 35.1 Å². The van der Waals surface area contributed by atoms with Crippen LogP contribution in [0.3, 0.4) is 0 Å². The van der Waals surface area contributed by atoms with E-state index in [2.05, 4.69) is 32.4 Å². The normalized spacial score (nSPS) is 17.4. The number of nitrogens with zero attached hydrogens (tertiary/aromatic N) is 6. The van der Waals surface area contributed by atoms with Crippen molar-refractivity contribution in [2.45, 2.75) is 17.4 Å². The van der Waals surface area contributed by atoms with Crippen LogP contribution in [0.1, 0.15) is 12.5 Å². The molecule has 0 amide bonds. The van der Waals surface area contributed by atoms with Gasteiger partial charge in [-0.05, 0) is 44.3 Å². The molecule has 1 fully saturated rings. The molecule has 1 aliphatic rings. The van der Waals surface area contributed by atoms with Crippen LogP contribution in [0.4, 0.5) is 11.6 Å². The lowest BCUT2D eigenvalue weighted by Crippen LogP contribution is -2.16. The van der Waals surface area contributed by atoms with E-state index in [0.717, 1.165) is 36.5 Å². The topological polar surface area (TPSA) is 97.4 Å². The Bertz CT molecular complexity index is 1360. The first-order chi connectivity index (χ1) is 14.9. The SMILES string of the molecule is CN1CCC(n2cc(Nc3nc4cccc(-c5cccc(S(C)(=O)=O)c5)n4n3)cn2)C1. The molecule has 160 valence electrons. The Morgan fingerprint density at radius 1 is 1.16 bits per heavy atom. The van der Waals surface area contributed by atoms with Crippen LogP contribution in [0, 0.1) is 0 Å². The van der Waals surface area contributed by atoms with Gasteiger partial charge in [-0.15, -0.1) is 5.10 Å². The van der Waals surface area contributed by atoms with Gasteiger partial charge in [-0.25, -0.2) is 12.9 Å². The van der Waals surface area contributed by atoms with Crippen molar-refractivity contribution in [1.29, 1.82) is 0 Å². The highest BCUT2D eigenvalue weighted by Gasteiger charge is 2.22. The van der Waals surface area contributed by atoms with Gasteiger partial charge in [0, 0.05) is 24.6 Å². The monoisotopic (exact) mass is 437 g/mol. The molecule has 0 spiro atoms. The summed E-state index contributed by atoms with van der Waals surface area (Å²) in [6.07, 6.45) is 6.04. The van der Waals surface area contributed by atoms with Crippen LogP contribution >= 0.6 is 0 Å². The predicted molar refractivity (Wildman–Crippen MR) is 118 cm³/mol. The average molecular weight is 438 g/mol. The Morgan fingerprint density at radius 2 is 2.00 bits per heavy atom. The molecule has 1 aliphatic heterocycles. The third-order valence-corrected chi connectivity index (χ3v) is 6.63. The van der Waals surface area contributed by atoms with Gasteiger partial charge in [0.2, 0.25) is 5.95 Å². The first-order valence-corrected chi connectivity index (χ1v) is 11.9. The molecular weight excluding hydrogens is 414 g/mol. The Balaban J connectivity index is 1.45. The summed E-state index contributed by atoms with van der Waals surface area (Å²) in [4.78, 5) is 7.13. The smallest absolute Gasteiger partial charge is 0.247 e. The maximum Gasteiger partial charge on any atom is 0.247 e. The molecule has 1 saturated heterocycles. The number of likely N-dealkylation sites (N-methyl/N-ethyl adjacent to an activating group) is 1. The van der Waals surface area contributed by atoms with Crippen molar-refractivity contribution in [1.82, 2.24) is 29.3 Å². The van der Waals surface area contributed by atoms with E-state index in [1.165, 1.54) is 6.26 Å². The second kappa shape index (κ2) is 7.47. The summed E-state index contributed by atoms with van der Waals surface area (Å²) in [6.45, 7) is 2.06. The van der Waals surface area contributed by atoms with Crippen LogP contribution in [-0.2, 0) is 9.84 Å². The van der Waals surface area contributed by atoms with E-state index in [4.69, 9.17) is 0 Å². The molecule has 1 atom stereocenters. The third-order valence-electron chi connectivity index (χ3n) is 5.52. The molecule has 10 heteroatoms. The molecule has 4 aromatic rings. The van der Waals surface area contributed by atoms with Crippen LogP contribution in [0.25, 0.3) is 16.9 Å². The summed E-state index contributed by atoms with van der Waals surface area (Å²) in [5.74, 6) is 0.454. The molecule has 3 aromatic heterocycles. The van der Waals surface area contributed by atoms with Crippen molar-refractivity contribution >= 4 is 27.1 Å². The van der Waals surface area contributed by atoms with Crippen LogP contribution in [0.2, 0.25) is 0 Å². The highest BCUT2D eigenvalue weighted by Crippen LogP contribution is 2.25. The number of aromatic nitrogens is 5.